The molecule has 0 amide bonds. The lowest BCUT2D eigenvalue weighted by molar-refractivity contribution is 0.0504. The predicted molar refractivity (Wildman–Crippen MR) is 66.1 cm³/mol. The summed E-state index contributed by atoms with van der Waals surface area (Å²) in [6.07, 6.45) is 1.55. The maximum absolute atomic E-state index is 11.7. The number of nitrogens with two attached hydrogens (primary N) is 1. The number of aliphatic hydroxyl groups excluding tert-OH is 1. The van der Waals surface area contributed by atoms with Crippen LogP contribution in [0.2, 0.25) is 0 Å². The van der Waals surface area contributed by atoms with Crippen LogP contribution in [0.1, 0.15) is 23.5 Å². The van der Waals surface area contributed by atoms with E-state index in [-0.39, 0.29) is 13.2 Å². The summed E-state index contributed by atoms with van der Waals surface area (Å²) >= 11 is 2.00. The standard InChI is InChI=1S/C9H14IN3O3/c1-2-16-9(15)8-7(10)4-12-13(8)6(3-11)5-14/h4,6,14H,2-3,5,11H2,1H3/t6-/m1/s1. The Bertz CT molecular complexity index is 363. The molecule has 0 aliphatic rings. The van der Waals surface area contributed by atoms with E-state index in [9.17, 15) is 4.79 Å². The fourth-order valence-electron chi connectivity index (χ4n) is 1.26. The van der Waals surface area contributed by atoms with E-state index in [2.05, 4.69) is 5.10 Å². The zero-order valence-electron chi connectivity index (χ0n) is 8.89. The van der Waals surface area contributed by atoms with Crippen LogP contribution in [0.25, 0.3) is 0 Å². The second-order valence-corrected chi connectivity index (χ2v) is 4.24. The number of hydrogen-bond donors (Lipinski definition) is 2. The summed E-state index contributed by atoms with van der Waals surface area (Å²) in [5, 5.41) is 13.2. The van der Waals surface area contributed by atoms with Gasteiger partial charge < -0.3 is 15.6 Å². The summed E-state index contributed by atoms with van der Waals surface area (Å²) < 4.78 is 7.02. The molecule has 0 aromatic carbocycles. The lowest BCUT2D eigenvalue weighted by Gasteiger charge is -2.15. The largest absolute Gasteiger partial charge is 0.461 e. The number of halogens is 1. The second-order valence-electron chi connectivity index (χ2n) is 3.08. The van der Waals surface area contributed by atoms with Crippen LogP contribution in [0.5, 0.6) is 0 Å². The molecule has 0 unspecified atom stereocenters. The van der Waals surface area contributed by atoms with Gasteiger partial charge in [0.1, 0.15) is 0 Å². The Morgan fingerprint density at radius 1 is 1.81 bits per heavy atom. The zero-order valence-corrected chi connectivity index (χ0v) is 11.0. The van der Waals surface area contributed by atoms with E-state index in [0.29, 0.717) is 15.9 Å². The highest BCUT2D eigenvalue weighted by Gasteiger charge is 2.22. The van der Waals surface area contributed by atoms with Crippen molar-refractivity contribution in [2.45, 2.75) is 13.0 Å². The fraction of sp³-hybridized carbons (Fsp3) is 0.556. The Labute approximate surface area is 107 Å². The highest BCUT2D eigenvalue weighted by atomic mass is 127. The number of aliphatic hydroxyl groups is 1. The van der Waals surface area contributed by atoms with Crippen molar-refractivity contribution in [3.63, 3.8) is 0 Å². The lowest BCUT2D eigenvalue weighted by atomic mass is 10.3. The molecule has 1 rings (SSSR count). The van der Waals surface area contributed by atoms with Crippen LogP contribution in [0.15, 0.2) is 6.20 Å². The van der Waals surface area contributed by atoms with Crippen LogP contribution in [0.3, 0.4) is 0 Å². The van der Waals surface area contributed by atoms with Gasteiger partial charge in [0.25, 0.3) is 0 Å². The van der Waals surface area contributed by atoms with E-state index in [0.717, 1.165) is 0 Å². The minimum Gasteiger partial charge on any atom is -0.461 e. The monoisotopic (exact) mass is 339 g/mol. The van der Waals surface area contributed by atoms with Crippen LogP contribution >= 0.6 is 22.6 Å². The number of aromatic nitrogens is 2. The summed E-state index contributed by atoms with van der Waals surface area (Å²) in [7, 11) is 0. The minimum atomic E-state index is -0.448. The van der Waals surface area contributed by atoms with Gasteiger partial charge in [-0.05, 0) is 29.5 Å². The highest BCUT2D eigenvalue weighted by molar-refractivity contribution is 14.1. The molecule has 1 aromatic heterocycles. The Balaban J connectivity index is 3.06. The first-order valence-electron chi connectivity index (χ1n) is 4.86. The first-order valence-corrected chi connectivity index (χ1v) is 5.94. The second kappa shape index (κ2) is 6.16. The third-order valence-corrected chi connectivity index (χ3v) is 2.84. The number of esters is 1. The Morgan fingerprint density at radius 3 is 3.00 bits per heavy atom. The van der Waals surface area contributed by atoms with Crippen molar-refractivity contribution in [2.75, 3.05) is 19.8 Å². The zero-order chi connectivity index (χ0) is 12.1. The molecule has 0 saturated heterocycles. The van der Waals surface area contributed by atoms with Gasteiger partial charge in [-0.15, -0.1) is 0 Å². The van der Waals surface area contributed by atoms with E-state index >= 15 is 0 Å². The first-order chi connectivity index (χ1) is 7.65. The van der Waals surface area contributed by atoms with E-state index in [1.807, 2.05) is 22.6 Å². The molecule has 0 saturated carbocycles. The van der Waals surface area contributed by atoms with Crippen molar-refractivity contribution < 1.29 is 14.6 Å². The number of ether oxygens (including phenoxy) is 1. The molecule has 0 fully saturated rings. The van der Waals surface area contributed by atoms with Crippen molar-refractivity contribution in [3.05, 3.63) is 15.5 Å². The van der Waals surface area contributed by atoms with Gasteiger partial charge in [0, 0.05) is 6.54 Å². The minimum absolute atomic E-state index is 0.166. The molecule has 6 nitrogen and oxygen atoms in total. The number of carbonyl (C=O) groups excluding carboxylic acids is 1. The van der Waals surface area contributed by atoms with Crippen molar-refractivity contribution in [1.29, 1.82) is 0 Å². The Hall–Kier alpha value is -0.670. The third kappa shape index (κ3) is 2.71. The van der Waals surface area contributed by atoms with Crippen LogP contribution in [-0.2, 0) is 4.74 Å². The maximum Gasteiger partial charge on any atom is 0.357 e. The van der Waals surface area contributed by atoms with E-state index in [4.69, 9.17) is 15.6 Å². The van der Waals surface area contributed by atoms with Crippen LogP contribution in [-0.4, -0.2) is 40.6 Å². The van der Waals surface area contributed by atoms with Crippen LogP contribution in [0, 0.1) is 3.57 Å². The molecule has 1 heterocycles. The summed E-state index contributed by atoms with van der Waals surface area (Å²) in [5.74, 6) is -0.448. The summed E-state index contributed by atoms with van der Waals surface area (Å²) in [6, 6.07) is -0.400. The van der Waals surface area contributed by atoms with Gasteiger partial charge in [0.2, 0.25) is 0 Å². The molecule has 0 aliphatic carbocycles. The maximum atomic E-state index is 11.7. The molecular weight excluding hydrogens is 325 g/mol. The van der Waals surface area contributed by atoms with E-state index < -0.39 is 12.0 Å². The number of hydrogen-bond acceptors (Lipinski definition) is 5. The van der Waals surface area contributed by atoms with Gasteiger partial charge in [-0.1, -0.05) is 0 Å². The Morgan fingerprint density at radius 2 is 2.50 bits per heavy atom. The molecule has 0 spiro atoms. The van der Waals surface area contributed by atoms with Gasteiger partial charge in [-0.25, -0.2) is 4.79 Å². The van der Waals surface area contributed by atoms with Crippen molar-refractivity contribution in [3.8, 4) is 0 Å². The normalized spacial score (nSPS) is 12.5. The smallest absolute Gasteiger partial charge is 0.357 e. The van der Waals surface area contributed by atoms with Gasteiger partial charge in [-0.3, -0.25) is 4.68 Å². The van der Waals surface area contributed by atoms with Crippen molar-refractivity contribution in [2.24, 2.45) is 5.73 Å². The predicted octanol–water partition coefficient (Wildman–Crippen LogP) is 0.157. The highest BCUT2D eigenvalue weighted by Crippen LogP contribution is 2.16. The SMILES string of the molecule is CCOC(=O)c1c(I)cnn1[C@H](CN)CO. The van der Waals surface area contributed by atoms with Crippen molar-refractivity contribution in [1.82, 2.24) is 9.78 Å². The van der Waals surface area contributed by atoms with Crippen molar-refractivity contribution >= 4 is 28.6 Å². The lowest BCUT2D eigenvalue weighted by Crippen LogP contribution is -2.27. The molecule has 16 heavy (non-hydrogen) atoms. The van der Waals surface area contributed by atoms with E-state index in [1.165, 1.54) is 4.68 Å². The number of nitrogens with zero attached hydrogens (tertiary/aromatic N) is 2. The molecule has 1 atom stereocenters. The van der Waals surface area contributed by atoms with Gasteiger partial charge in [0.05, 0.1) is 29.0 Å². The summed E-state index contributed by atoms with van der Waals surface area (Å²) in [6.45, 7) is 2.08. The fourth-order valence-corrected chi connectivity index (χ4v) is 1.85. The Kier molecular flexibility index (Phi) is 5.16. The quantitative estimate of drug-likeness (QED) is 0.589. The number of rotatable bonds is 5. The van der Waals surface area contributed by atoms with E-state index in [1.54, 1.807) is 13.1 Å². The average molecular weight is 339 g/mol. The molecule has 0 aliphatic heterocycles. The van der Waals surface area contributed by atoms with Gasteiger partial charge in [-0.2, -0.15) is 5.10 Å². The van der Waals surface area contributed by atoms with Gasteiger partial charge in [0.15, 0.2) is 5.69 Å². The topological polar surface area (TPSA) is 90.4 Å². The molecule has 1 aromatic rings. The summed E-state index contributed by atoms with van der Waals surface area (Å²) in [5.41, 5.74) is 5.83. The molecule has 0 radical (unpaired) electrons. The molecule has 3 N–H and O–H groups in total. The molecule has 7 heteroatoms. The summed E-state index contributed by atoms with van der Waals surface area (Å²) in [4.78, 5) is 11.7. The van der Waals surface area contributed by atoms with Crippen LogP contribution in [0.4, 0.5) is 0 Å². The third-order valence-electron chi connectivity index (χ3n) is 2.05. The molecule has 0 bridgehead atoms. The van der Waals surface area contributed by atoms with Gasteiger partial charge >= 0.3 is 5.97 Å². The molecule has 90 valence electrons. The average Bonchev–Trinajstić information content (AvgIpc) is 2.63. The number of carbonyl (C=O) groups is 1. The first kappa shape index (κ1) is 13.4. The van der Waals surface area contributed by atoms with Crippen LogP contribution < -0.4 is 5.73 Å². The molecular formula is C9H14IN3O3.